The van der Waals surface area contributed by atoms with Gasteiger partial charge in [-0.2, -0.15) is 0 Å². The number of carbonyl (C=O) groups is 2. The molecule has 24 heavy (non-hydrogen) atoms. The van der Waals surface area contributed by atoms with Crippen molar-refractivity contribution < 1.29 is 28.9 Å². The van der Waals surface area contributed by atoms with Crippen molar-refractivity contribution in [3.05, 3.63) is 59.7 Å². The van der Waals surface area contributed by atoms with Gasteiger partial charge >= 0.3 is 5.97 Å². The van der Waals surface area contributed by atoms with Gasteiger partial charge < -0.3 is 19.3 Å². The van der Waals surface area contributed by atoms with Crippen molar-refractivity contribution in [2.45, 2.75) is 0 Å². The number of aliphatic carboxylic acids is 1. The normalized spacial score (nSPS) is 12.3. The molecule has 0 aliphatic carbocycles. The zero-order valence-corrected chi connectivity index (χ0v) is 12.6. The van der Waals surface area contributed by atoms with Crippen LogP contribution in [-0.2, 0) is 4.79 Å². The van der Waals surface area contributed by atoms with Gasteiger partial charge in [0.25, 0.3) is 0 Å². The highest BCUT2D eigenvalue weighted by atomic mass is 16.7. The molecular formula is C18H14O6. The maximum atomic E-state index is 12.2. The SMILES string of the molecule is O=C(O)COc1ccc(C(=O)/C=C/c2cccc3c2OCO3)cc1. The van der Waals surface area contributed by atoms with Crippen LogP contribution >= 0.6 is 0 Å². The Morgan fingerprint density at radius 1 is 1.12 bits per heavy atom. The van der Waals surface area contributed by atoms with Crippen LogP contribution in [0.1, 0.15) is 15.9 Å². The molecule has 0 unspecified atom stereocenters. The number of ketones is 1. The number of carboxylic acids is 1. The molecule has 2 aromatic carbocycles. The summed E-state index contributed by atoms with van der Waals surface area (Å²) in [6.45, 7) is -0.250. The van der Waals surface area contributed by atoms with Gasteiger partial charge in [0.2, 0.25) is 6.79 Å². The maximum absolute atomic E-state index is 12.2. The summed E-state index contributed by atoms with van der Waals surface area (Å²) >= 11 is 0. The molecule has 0 aromatic heterocycles. The van der Waals surface area contributed by atoms with E-state index in [9.17, 15) is 9.59 Å². The number of para-hydroxylation sites is 1. The van der Waals surface area contributed by atoms with Crippen molar-refractivity contribution in [1.82, 2.24) is 0 Å². The fourth-order valence-electron chi connectivity index (χ4n) is 2.21. The van der Waals surface area contributed by atoms with E-state index >= 15 is 0 Å². The van der Waals surface area contributed by atoms with Gasteiger partial charge in [0.05, 0.1) is 0 Å². The van der Waals surface area contributed by atoms with Crippen LogP contribution in [0.4, 0.5) is 0 Å². The summed E-state index contributed by atoms with van der Waals surface area (Å²) in [6, 6.07) is 11.7. The predicted octanol–water partition coefficient (Wildman–Crippen LogP) is 2.77. The van der Waals surface area contributed by atoms with Gasteiger partial charge in [-0.1, -0.05) is 12.1 Å². The van der Waals surface area contributed by atoms with Crippen LogP contribution < -0.4 is 14.2 Å². The van der Waals surface area contributed by atoms with Gasteiger partial charge in [0.1, 0.15) is 5.75 Å². The maximum Gasteiger partial charge on any atom is 0.341 e. The molecule has 1 aliphatic heterocycles. The third-order valence-electron chi connectivity index (χ3n) is 3.34. The van der Waals surface area contributed by atoms with Crippen LogP contribution in [0.3, 0.4) is 0 Å². The van der Waals surface area contributed by atoms with Crippen LogP contribution in [0.25, 0.3) is 6.08 Å². The third-order valence-corrected chi connectivity index (χ3v) is 3.34. The number of hydrogen-bond acceptors (Lipinski definition) is 5. The van der Waals surface area contributed by atoms with Gasteiger partial charge in [0, 0.05) is 11.1 Å². The fourth-order valence-corrected chi connectivity index (χ4v) is 2.21. The molecule has 1 heterocycles. The van der Waals surface area contributed by atoms with Crippen molar-refractivity contribution in [3.63, 3.8) is 0 Å². The first-order valence-electron chi connectivity index (χ1n) is 7.19. The van der Waals surface area contributed by atoms with Crippen LogP contribution in [0, 0.1) is 0 Å². The Hall–Kier alpha value is -3.28. The smallest absolute Gasteiger partial charge is 0.341 e. The Morgan fingerprint density at radius 3 is 2.67 bits per heavy atom. The lowest BCUT2D eigenvalue weighted by Gasteiger charge is -2.03. The lowest BCUT2D eigenvalue weighted by molar-refractivity contribution is -0.139. The van der Waals surface area contributed by atoms with Crippen molar-refractivity contribution >= 4 is 17.8 Å². The molecule has 0 saturated heterocycles. The van der Waals surface area contributed by atoms with E-state index < -0.39 is 12.6 Å². The highest BCUT2D eigenvalue weighted by Crippen LogP contribution is 2.35. The van der Waals surface area contributed by atoms with E-state index in [1.54, 1.807) is 36.4 Å². The molecule has 6 nitrogen and oxygen atoms in total. The zero-order valence-electron chi connectivity index (χ0n) is 12.6. The van der Waals surface area contributed by atoms with Crippen molar-refractivity contribution in [2.75, 3.05) is 13.4 Å². The molecule has 0 atom stereocenters. The molecule has 2 aromatic rings. The lowest BCUT2D eigenvalue weighted by atomic mass is 10.1. The van der Waals surface area contributed by atoms with Crippen LogP contribution in [0.15, 0.2) is 48.5 Å². The summed E-state index contributed by atoms with van der Waals surface area (Å²) in [5.41, 5.74) is 1.23. The Kier molecular flexibility index (Phi) is 4.47. The largest absolute Gasteiger partial charge is 0.482 e. The Morgan fingerprint density at radius 2 is 1.92 bits per heavy atom. The average molecular weight is 326 g/mol. The summed E-state index contributed by atoms with van der Waals surface area (Å²) in [4.78, 5) is 22.6. The fraction of sp³-hybridized carbons (Fsp3) is 0.111. The Labute approximate surface area is 137 Å². The number of hydrogen-bond donors (Lipinski definition) is 1. The topological polar surface area (TPSA) is 82.1 Å². The highest BCUT2D eigenvalue weighted by molar-refractivity contribution is 6.07. The minimum atomic E-state index is -1.06. The predicted molar refractivity (Wildman–Crippen MR) is 85.5 cm³/mol. The van der Waals surface area contributed by atoms with Gasteiger partial charge in [0.15, 0.2) is 23.9 Å². The molecule has 122 valence electrons. The van der Waals surface area contributed by atoms with E-state index in [2.05, 4.69) is 0 Å². The first-order valence-corrected chi connectivity index (χ1v) is 7.19. The molecule has 0 bridgehead atoms. The minimum absolute atomic E-state index is 0.173. The molecule has 0 spiro atoms. The molecule has 6 heteroatoms. The summed E-state index contributed by atoms with van der Waals surface area (Å²) in [5.74, 6) is 0.434. The summed E-state index contributed by atoms with van der Waals surface area (Å²) in [5, 5.41) is 8.56. The Balaban J connectivity index is 1.69. The first-order chi connectivity index (χ1) is 11.6. The van der Waals surface area contributed by atoms with E-state index in [1.807, 2.05) is 12.1 Å². The average Bonchev–Trinajstić information content (AvgIpc) is 3.07. The third kappa shape index (κ3) is 3.55. The van der Waals surface area contributed by atoms with Gasteiger partial charge in [-0.25, -0.2) is 4.79 Å². The van der Waals surface area contributed by atoms with Crippen molar-refractivity contribution in [1.29, 1.82) is 0 Å². The van der Waals surface area contributed by atoms with E-state index in [4.69, 9.17) is 19.3 Å². The van der Waals surface area contributed by atoms with Crippen LogP contribution in [-0.4, -0.2) is 30.3 Å². The number of allylic oxidation sites excluding steroid dienone is 1. The van der Waals surface area contributed by atoms with Gasteiger partial charge in [-0.15, -0.1) is 0 Å². The molecule has 0 amide bonds. The second-order valence-electron chi connectivity index (χ2n) is 4.99. The first kappa shape index (κ1) is 15.6. The number of ether oxygens (including phenoxy) is 3. The van der Waals surface area contributed by atoms with E-state index in [0.29, 0.717) is 22.8 Å². The standard InChI is InChI=1S/C18H14O6/c19-15(12-4-7-14(8-5-12)22-10-17(20)21)9-6-13-2-1-3-16-18(13)24-11-23-16/h1-9H,10-11H2,(H,20,21)/b9-6+. The van der Waals surface area contributed by atoms with E-state index in [-0.39, 0.29) is 12.6 Å². The second-order valence-corrected chi connectivity index (χ2v) is 4.99. The zero-order chi connectivity index (χ0) is 16.9. The summed E-state index contributed by atoms with van der Waals surface area (Å²) in [7, 11) is 0. The number of rotatable bonds is 6. The summed E-state index contributed by atoms with van der Waals surface area (Å²) < 4.78 is 15.7. The summed E-state index contributed by atoms with van der Waals surface area (Å²) in [6.07, 6.45) is 3.12. The van der Waals surface area contributed by atoms with Crippen molar-refractivity contribution in [2.24, 2.45) is 0 Å². The Bertz CT molecular complexity index is 792. The van der Waals surface area contributed by atoms with E-state index in [0.717, 1.165) is 5.56 Å². The van der Waals surface area contributed by atoms with Crippen LogP contribution in [0.5, 0.6) is 17.2 Å². The number of benzene rings is 2. The van der Waals surface area contributed by atoms with Crippen LogP contribution in [0.2, 0.25) is 0 Å². The number of carboxylic acid groups (broad SMARTS) is 1. The molecule has 0 saturated carbocycles. The molecule has 0 radical (unpaired) electrons. The van der Waals surface area contributed by atoms with E-state index in [1.165, 1.54) is 6.08 Å². The van der Waals surface area contributed by atoms with Crippen molar-refractivity contribution in [3.8, 4) is 17.2 Å². The van der Waals surface area contributed by atoms with Gasteiger partial charge in [-0.3, -0.25) is 4.79 Å². The molecule has 1 aliphatic rings. The molecule has 1 N–H and O–H groups in total. The monoisotopic (exact) mass is 326 g/mol. The quantitative estimate of drug-likeness (QED) is 0.649. The highest BCUT2D eigenvalue weighted by Gasteiger charge is 2.15. The minimum Gasteiger partial charge on any atom is -0.482 e. The number of fused-ring (bicyclic) bond motifs is 1. The second kappa shape index (κ2) is 6.87. The molecule has 3 rings (SSSR count). The van der Waals surface area contributed by atoms with Gasteiger partial charge in [-0.05, 0) is 42.5 Å². The molecular weight excluding hydrogens is 312 g/mol. The number of carbonyl (C=O) groups excluding carboxylic acids is 1. The molecule has 0 fully saturated rings. The lowest BCUT2D eigenvalue weighted by Crippen LogP contribution is -2.09.